The number of amides is 1. The Balaban J connectivity index is 0.00000192. The number of likely N-dealkylation sites (tertiary alicyclic amines) is 1. The summed E-state index contributed by atoms with van der Waals surface area (Å²) in [5, 5.41) is 9.19. The van der Waals surface area contributed by atoms with E-state index in [2.05, 4.69) is 15.5 Å². The van der Waals surface area contributed by atoms with Gasteiger partial charge in [0.1, 0.15) is 0 Å². The number of carbonyl (C=O) groups excluding carboxylic acids is 1. The third-order valence-electron chi connectivity index (χ3n) is 3.94. The molecule has 1 aliphatic rings. The van der Waals surface area contributed by atoms with E-state index in [-0.39, 0.29) is 18.3 Å². The Kier molecular flexibility index (Phi) is 6.56. The van der Waals surface area contributed by atoms with Crippen LogP contribution >= 0.6 is 23.7 Å². The predicted octanol–water partition coefficient (Wildman–Crippen LogP) is 2.36. The zero-order valence-corrected chi connectivity index (χ0v) is 14.7. The zero-order chi connectivity index (χ0) is 15.4. The molecule has 0 saturated carbocycles. The normalized spacial score (nSPS) is 17.8. The number of rotatable bonds is 5. The van der Waals surface area contributed by atoms with Crippen molar-refractivity contribution in [3.8, 4) is 10.7 Å². The fraction of sp³-hybridized carbons (Fsp3) is 0.533. The Bertz CT molecular complexity index is 617. The van der Waals surface area contributed by atoms with Crippen molar-refractivity contribution in [2.24, 2.45) is 0 Å². The molecule has 1 saturated heterocycles. The highest BCUT2D eigenvalue weighted by atomic mass is 35.5. The van der Waals surface area contributed by atoms with Crippen LogP contribution in [0.25, 0.3) is 10.7 Å². The number of halogens is 1. The molecule has 8 heteroatoms. The molecule has 3 rings (SSSR count). The minimum atomic E-state index is 0. The number of aromatic nitrogens is 2. The SMILES string of the molecule is CNC1CCCN(C(=O)CCc2nc(-c3cccs3)no2)C1.Cl. The van der Waals surface area contributed by atoms with Crippen molar-refractivity contribution in [3.63, 3.8) is 0 Å². The van der Waals surface area contributed by atoms with Gasteiger partial charge in [-0.1, -0.05) is 11.2 Å². The molecule has 126 valence electrons. The Morgan fingerprint density at radius 3 is 3.17 bits per heavy atom. The molecular weight excluding hydrogens is 336 g/mol. The van der Waals surface area contributed by atoms with Crippen LogP contribution < -0.4 is 5.32 Å². The van der Waals surface area contributed by atoms with E-state index < -0.39 is 0 Å². The van der Waals surface area contributed by atoms with Gasteiger partial charge < -0.3 is 14.7 Å². The van der Waals surface area contributed by atoms with Gasteiger partial charge in [-0.05, 0) is 31.3 Å². The Morgan fingerprint density at radius 2 is 2.43 bits per heavy atom. The molecule has 3 heterocycles. The summed E-state index contributed by atoms with van der Waals surface area (Å²) in [7, 11) is 1.95. The number of carbonyl (C=O) groups is 1. The first kappa shape index (κ1) is 17.9. The first-order chi connectivity index (χ1) is 10.8. The molecule has 1 unspecified atom stereocenters. The second-order valence-electron chi connectivity index (χ2n) is 5.46. The molecule has 2 aromatic rings. The van der Waals surface area contributed by atoms with Crippen LogP contribution in [0.4, 0.5) is 0 Å². The highest BCUT2D eigenvalue weighted by molar-refractivity contribution is 7.13. The Labute approximate surface area is 145 Å². The van der Waals surface area contributed by atoms with Crippen LogP contribution in [0.15, 0.2) is 22.0 Å². The van der Waals surface area contributed by atoms with Gasteiger partial charge in [0.25, 0.3) is 0 Å². The van der Waals surface area contributed by atoms with Crippen LogP contribution in [-0.4, -0.2) is 47.1 Å². The highest BCUT2D eigenvalue weighted by Crippen LogP contribution is 2.21. The molecule has 23 heavy (non-hydrogen) atoms. The number of thiophene rings is 1. The van der Waals surface area contributed by atoms with E-state index in [1.54, 1.807) is 11.3 Å². The Morgan fingerprint density at radius 1 is 1.57 bits per heavy atom. The minimum absolute atomic E-state index is 0. The van der Waals surface area contributed by atoms with Crippen LogP contribution in [-0.2, 0) is 11.2 Å². The molecule has 0 bridgehead atoms. The lowest BCUT2D eigenvalue weighted by Crippen LogP contribution is -2.47. The van der Waals surface area contributed by atoms with Gasteiger partial charge in [-0.2, -0.15) is 4.98 Å². The molecular formula is C15H21ClN4O2S. The molecule has 6 nitrogen and oxygen atoms in total. The van der Waals surface area contributed by atoms with Gasteiger partial charge in [0, 0.05) is 32.0 Å². The van der Waals surface area contributed by atoms with Crippen molar-refractivity contribution in [1.29, 1.82) is 0 Å². The van der Waals surface area contributed by atoms with Crippen molar-refractivity contribution in [2.45, 2.75) is 31.7 Å². The van der Waals surface area contributed by atoms with Crippen LogP contribution in [0.5, 0.6) is 0 Å². The second-order valence-corrected chi connectivity index (χ2v) is 6.40. The number of hydrogen-bond acceptors (Lipinski definition) is 6. The van der Waals surface area contributed by atoms with Crippen LogP contribution in [0.1, 0.15) is 25.2 Å². The second kappa shape index (κ2) is 8.42. The smallest absolute Gasteiger partial charge is 0.227 e. The fourth-order valence-electron chi connectivity index (χ4n) is 2.67. The first-order valence-corrected chi connectivity index (χ1v) is 8.45. The van der Waals surface area contributed by atoms with Gasteiger partial charge in [-0.15, -0.1) is 23.7 Å². The lowest BCUT2D eigenvalue weighted by Gasteiger charge is -2.32. The number of hydrogen-bond donors (Lipinski definition) is 1. The largest absolute Gasteiger partial charge is 0.341 e. The van der Waals surface area contributed by atoms with Gasteiger partial charge in [-0.25, -0.2) is 0 Å². The lowest BCUT2D eigenvalue weighted by molar-refractivity contribution is -0.132. The van der Waals surface area contributed by atoms with Crippen LogP contribution in [0.2, 0.25) is 0 Å². The zero-order valence-electron chi connectivity index (χ0n) is 13.0. The maximum Gasteiger partial charge on any atom is 0.227 e. The average molecular weight is 357 g/mol. The van der Waals surface area contributed by atoms with Crippen LogP contribution in [0, 0.1) is 0 Å². The van der Waals surface area contributed by atoms with Crippen molar-refractivity contribution < 1.29 is 9.32 Å². The van der Waals surface area contributed by atoms with E-state index in [1.165, 1.54) is 0 Å². The topological polar surface area (TPSA) is 71.3 Å². The van der Waals surface area contributed by atoms with Gasteiger partial charge in [-0.3, -0.25) is 4.79 Å². The van der Waals surface area contributed by atoms with E-state index in [1.807, 2.05) is 29.5 Å². The monoisotopic (exact) mass is 356 g/mol. The summed E-state index contributed by atoms with van der Waals surface area (Å²) in [5.74, 6) is 1.29. The maximum absolute atomic E-state index is 12.3. The summed E-state index contributed by atoms with van der Waals surface area (Å²) in [6, 6.07) is 4.32. The molecule has 1 atom stereocenters. The number of nitrogens with zero attached hydrogens (tertiary/aromatic N) is 3. The van der Waals surface area contributed by atoms with E-state index in [4.69, 9.17) is 4.52 Å². The van der Waals surface area contributed by atoms with Crippen LogP contribution in [0.3, 0.4) is 0 Å². The fourth-order valence-corrected chi connectivity index (χ4v) is 3.32. The van der Waals surface area contributed by atoms with E-state index in [9.17, 15) is 4.79 Å². The van der Waals surface area contributed by atoms with Crippen molar-refractivity contribution >= 4 is 29.7 Å². The van der Waals surface area contributed by atoms with E-state index in [0.29, 0.717) is 30.6 Å². The quantitative estimate of drug-likeness (QED) is 0.890. The summed E-state index contributed by atoms with van der Waals surface area (Å²) in [6.07, 6.45) is 3.11. The van der Waals surface area contributed by atoms with E-state index >= 15 is 0 Å². The maximum atomic E-state index is 12.3. The molecule has 0 radical (unpaired) electrons. The van der Waals surface area contributed by atoms with Gasteiger partial charge in [0.05, 0.1) is 4.88 Å². The number of aryl methyl sites for hydroxylation is 1. The molecule has 1 amide bonds. The standard InChI is InChI=1S/C15H20N4O2S.ClH/c1-16-11-4-2-8-19(10-11)14(20)7-6-13-17-15(18-21-13)12-5-3-9-22-12;/h3,5,9,11,16H,2,4,6-8,10H2,1H3;1H. The molecule has 0 aromatic carbocycles. The lowest BCUT2D eigenvalue weighted by atomic mass is 10.1. The average Bonchev–Trinajstić information content (AvgIpc) is 3.23. The number of nitrogens with one attached hydrogen (secondary N) is 1. The molecule has 0 aliphatic carbocycles. The van der Waals surface area contributed by atoms with Gasteiger partial charge in [0.2, 0.25) is 17.6 Å². The van der Waals surface area contributed by atoms with Gasteiger partial charge >= 0.3 is 0 Å². The van der Waals surface area contributed by atoms with E-state index in [0.717, 1.165) is 30.8 Å². The summed E-state index contributed by atoms with van der Waals surface area (Å²) < 4.78 is 5.23. The summed E-state index contributed by atoms with van der Waals surface area (Å²) >= 11 is 1.57. The third kappa shape index (κ3) is 4.53. The van der Waals surface area contributed by atoms with Crippen molar-refractivity contribution in [2.75, 3.05) is 20.1 Å². The molecule has 1 aliphatic heterocycles. The summed E-state index contributed by atoms with van der Waals surface area (Å²) in [4.78, 5) is 19.5. The molecule has 0 spiro atoms. The molecule has 2 aromatic heterocycles. The van der Waals surface area contributed by atoms with Gasteiger partial charge in [0.15, 0.2) is 0 Å². The molecule has 1 fully saturated rings. The Hall–Kier alpha value is -1.44. The molecule has 1 N–H and O–H groups in total. The van der Waals surface area contributed by atoms with Crippen molar-refractivity contribution in [3.05, 3.63) is 23.4 Å². The highest BCUT2D eigenvalue weighted by Gasteiger charge is 2.22. The minimum Gasteiger partial charge on any atom is -0.341 e. The number of likely N-dealkylation sites (N-methyl/N-ethyl adjacent to an activating group) is 1. The third-order valence-corrected chi connectivity index (χ3v) is 4.81. The predicted molar refractivity (Wildman–Crippen MR) is 91.8 cm³/mol. The number of piperidine rings is 1. The summed E-state index contributed by atoms with van der Waals surface area (Å²) in [6.45, 7) is 1.64. The van der Waals surface area contributed by atoms with Crippen molar-refractivity contribution in [1.82, 2.24) is 20.4 Å². The first-order valence-electron chi connectivity index (χ1n) is 7.58. The summed E-state index contributed by atoms with van der Waals surface area (Å²) in [5.41, 5.74) is 0.